The van der Waals surface area contributed by atoms with Crippen LogP contribution in [0.3, 0.4) is 0 Å². The van der Waals surface area contributed by atoms with Gasteiger partial charge in [-0.2, -0.15) is 11.3 Å². The largest absolute Gasteiger partial charge is 0.469 e. The number of benzene rings is 1. The molecule has 2 heterocycles. The molecular formula is C16H28Br2N2O2P12S. The van der Waals surface area contributed by atoms with Crippen molar-refractivity contribution in [2.75, 3.05) is 25.1 Å². The zero-order valence-electron chi connectivity index (χ0n) is 18.6. The third-order valence-electron chi connectivity index (χ3n) is 4.09. The molecule has 8 atom stereocenters. The van der Waals surface area contributed by atoms with Crippen molar-refractivity contribution in [3.63, 3.8) is 0 Å². The molecule has 0 bridgehead atoms. The lowest BCUT2D eigenvalue weighted by Gasteiger charge is -2.39. The number of nitrogens with zero attached hydrogens (tertiary/aromatic N) is 2. The SMILES string of the molecule is COC(=O)C1CN(c2cccc(Br)c2)C1.PP(P)P(P)P(P(P)P)P(P)P.[C-]#[N+]c1cc(Br)cs1. The van der Waals surface area contributed by atoms with Gasteiger partial charge >= 0.3 is 5.97 Å². The van der Waals surface area contributed by atoms with E-state index >= 15 is 0 Å². The fraction of sp³-hybridized carbons (Fsp3) is 0.250. The Morgan fingerprint density at radius 3 is 2.00 bits per heavy atom. The number of rotatable bonds is 6. The first-order valence-electron chi connectivity index (χ1n) is 9.34. The molecule has 0 N–H and O–H groups in total. The van der Waals surface area contributed by atoms with Crippen LogP contribution in [0.5, 0.6) is 0 Å². The first-order valence-corrected chi connectivity index (χ1v) is 32.7. The molecule has 1 aromatic heterocycles. The zero-order valence-corrected chi connectivity index (χ0v) is 35.2. The Hall–Kier alpha value is 3.80. The first kappa shape index (κ1) is 36.8. The van der Waals surface area contributed by atoms with Crippen LogP contribution < -0.4 is 4.90 Å². The molecule has 0 aliphatic carbocycles. The van der Waals surface area contributed by atoms with Crippen LogP contribution in [-0.2, 0) is 9.53 Å². The molecular weight excluding hydrogens is 816 g/mol. The number of thiophene rings is 1. The Morgan fingerprint density at radius 2 is 1.66 bits per heavy atom. The number of esters is 1. The molecule has 2 aromatic rings. The number of hydrogen-bond acceptors (Lipinski definition) is 4. The molecule has 1 aromatic carbocycles. The summed E-state index contributed by atoms with van der Waals surface area (Å²) in [6.45, 7) is 8.78. The van der Waals surface area contributed by atoms with Crippen LogP contribution in [0.15, 0.2) is 44.7 Å². The van der Waals surface area contributed by atoms with Gasteiger partial charge in [-0.15, -0.1) is 62.5 Å². The summed E-state index contributed by atoms with van der Waals surface area (Å²) in [5.74, 6) is -0.0739. The zero-order chi connectivity index (χ0) is 26.7. The van der Waals surface area contributed by atoms with E-state index in [1.165, 1.54) is 18.4 Å². The molecule has 4 nitrogen and oxygen atoms in total. The minimum absolute atomic E-state index is 0.0361. The van der Waals surface area contributed by atoms with Gasteiger partial charge in [0.2, 0.25) is 5.00 Å². The van der Waals surface area contributed by atoms with Crippen LogP contribution in [0, 0.1) is 12.5 Å². The van der Waals surface area contributed by atoms with Gasteiger partial charge < -0.3 is 9.64 Å². The summed E-state index contributed by atoms with van der Waals surface area (Å²) in [5.41, 5.74) is 1.14. The van der Waals surface area contributed by atoms with Crippen LogP contribution in [-0.4, -0.2) is 26.2 Å². The highest BCUT2D eigenvalue weighted by Crippen LogP contribution is 3.16. The molecule has 8 unspecified atom stereocenters. The minimum Gasteiger partial charge on any atom is -0.469 e. The Labute approximate surface area is 251 Å². The standard InChI is InChI=1S/C11H12BrNO2.C5H2BrNS.H14P12/c1-15-11(14)8-6-13(7-8)10-4-2-3-9(12)5-10;1-7-5-2-4(6)3-8-5;1-8(2)11(7)12(9(3)4)10(5)6/h2-5,8H,6-7H2,1H3;2-3H;1-7H2. The molecule has 0 amide bonds. The van der Waals surface area contributed by atoms with Gasteiger partial charge in [-0.1, -0.05) is 37.9 Å². The highest BCUT2D eigenvalue weighted by Gasteiger charge is 2.33. The number of methoxy groups -OCH3 is 1. The van der Waals surface area contributed by atoms with Gasteiger partial charge in [0.05, 0.1) is 19.6 Å². The van der Waals surface area contributed by atoms with E-state index < -0.39 is 0 Å². The van der Waals surface area contributed by atoms with Crippen molar-refractivity contribution in [1.29, 1.82) is 0 Å². The third-order valence-corrected chi connectivity index (χ3v) is 72.8. The lowest BCUT2D eigenvalue weighted by molar-refractivity contribution is -0.146. The van der Waals surface area contributed by atoms with Crippen LogP contribution in [0.2, 0.25) is 0 Å². The van der Waals surface area contributed by atoms with Gasteiger partial charge in [-0.05, 0) is 64.6 Å². The molecule has 194 valence electrons. The molecule has 3 rings (SSSR count). The average Bonchev–Trinajstić information content (AvgIpc) is 3.18. The number of anilines is 1. The van der Waals surface area contributed by atoms with E-state index in [-0.39, 0.29) is 46.8 Å². The lowest BCUT2D eigenvalue weighted by atomic mass is 9.99. The van der Waals surface area contributed by atoms with E-state index in [0.29, 0.717) is 0 Å². The van der Waals surface area contributed by atoms with Crippen molar-refractivity contribution in [2.45, 2.75) is 0 Å². The number of halogens is 2. The van der Waals surface area contributed by atoms with Crippen LogP contribution in [0.4, 0.5) is 10.7 Å². The van der Waals surface area contributed by atoms with E-state index in [9.17, 15) is 4.79 Å². The maximum absolute atomic E-state index is 11.2. The predicted molar refractivity (Wildman–Crippen MR) is 203 cm³/mol. The molecule has 19 heteroatoms. The average molecular weight is 844 g/mol. The highest BCUT2D eigenvalue weighted by molar-refractivity contribution is 9.21. The van der Waals surface area contributed by atoms with Gasteiger partial charge in [0.25, 0.3) is 0 Å². The maximum Gasteiger partial charge on any atom is 0.312 e. The molecule has 1 aliphatic heterocycles. The van der Waals surface area contributed by atoms with Crippen molar-refractivity contribution in [3.05, 3.63) is 56.1 Å². The van der Waals surface area contributed by atoms with E-state index in [2.05, 4.69) is 109 Å². The fourth-order valence-electron chi connectivity index (χ4n) is 2.46. The van der Waals surface area contributed by atoms with E-state index in [0.717, 1.165) is 32.7 Å². The fourth-order valence-corrected chi connectivity index (χ4v) is 106. The number of hydrogen-bond donors (Lipinski definition) is 0. The normalized spacial score (nSPS) is 14.0. The van der Waals surface area contributed by atoms with Crippen molar-refractivity contribution in [1.82, 2.24) is 0 Å². The third kappa shape index (κ3) is 14.0. The molecule has 0 radical (unpaired) electrons. The summed E-state index contributed by atoms with van der Waals surface area (Å²) in [5, 5.41) is 2.63. The van der Waals surface area contributed by atoms with Gasteiger partial charge in [-0.25, -0.2) is 4.85 Å². The van der Waals surface area contributed by atoms with Gasteiger partial charge in [0.1, 0.15) is 0 Å². The second kappa shape index (κ2) is 19.8. The molecule has 35 heavy (non-hydrogen) atoms. The van der Waals surface area contributed by atoms with Gasteiger partial charge in [0, 0.05) is 27.7 Å². The summed E-state index contributed by atoms with van der Waals surface area (Å²) in [6, 6.07) is 9.87. The monoisotopic (exact) mass is 842 g/mol. The number of ether oxygens (including phenoxy) is 1. The Bertz CT molecular complexity index is 966. The van der Waals surface area contributed by atoms with Crippen molar-refractivity contribution in [2.24, 2.45) is 5.92 Å². The van der Waals surface area contributed by atoms with Crippen LogP contribution >= 0.6 is 141 Å². The molecule has 0 saturated carbocycles. The Kier molecular flexibility index (Phi) is 20.9. The predicted octanol–water partition coefficient (Wildman–Crippen LogP) is 11.7. The first-order chi connectivity index (χ1) is 16.4. The highest BCUT2D eigenvalue weighted by atomic mass is 79.9. The molecule has 1 saturated heterocycles. The van der Waals surface area contributed by atoms with E-state index in [1.54, 1.807) is 6.07 Å². The summed E-state index contributed by atoms with van der Waals surface area (Å²) in [7, 11) is 22.4. The van der Waals surface area contributed by atoms with Crippen molar-refractivity contribution < 1.29 is 9.53 Å². The van der Waals surface area contributed by atoms with Gasteiger partial charge in [0.15, 0.2) is 0 Å². The quantitative estimate of drug-likeness (QED) is 0.165. The second-order valence-corrected chi connectivity index (χ2v) is 54.2. The molecule has 0 spiro atoms. The number of carbonyl (C=O) groups excluding carboxylic acids is 1. The van der Waals surface area contributed by atoms with E-state index in [4.69, 9.17) is 6.57 Å². The van der Waals surface area contributed by atoms with Crippen LogP contribution in [0.25, 0.3) is 4.85 Å². The minimum atomic E-state index is -0.110. The van der Waals surface area contributed by atoms with Crippen molar-refractivity contribution >= 4 is 157 Å². The van der Waals surface area contributed by atoms with Gasteiger partial charge in [-0.3, -0.25) is 4.79 Å². The van der Waals surface area contributed by atoms with Crippen molar-refractivity contribution in [3.8, 4) is 0 Å². The smallest absolute Gasteiger partial charge is 0.312 e. The Morgan fingerprint density at radius 1 is 1.06 bits per heavy atom. The summed E-state index contributed by atoms with van der Waals surface area (Å²) >= 11 is 8.11. The summed E-state index contributed by atoms with van der Waals surface area (Å²) in [4.78, 5) is 16.6. The topological polar surface area (TPSA) is 33.9 Å². The van der Waals surface area contributed by atoms with E-state index in [1.807, 2.05) is 29.6 Å². The molecule has 1 fully saturated rings. The summed E-state index contributed by atoms with van der Waals surface area (Å²) < 4.78 is 6.74. The number of carbonyl (C=O) groups is 1. The Balaban J connectivity index is 0.000000276. The second-order valence-electron chi connectivity index (χ2n) is 6.55. The molecule has 1 aliphatic rings. The maximum atomic E-state index is 11.2. The lowest BCUT2D eigenvalue weighted by Crippen LogP contribution is -2.50. The summed E-state index contributed by atoms with van der Waals surface area (Å²) in [6.07, 6.45) is 0. The van der Waals surface area contributed by atoms with Crippen LogP contribution in [0.1, 0.15) is 0 Å².